The first kappa shape index (κ1) is 10.3. The quantitative estimate of drug-likeness (QED) is 0.798. The lowest BCUT2D eigenvalue weighted by atomic mass is 10.2. The van der Waals surface area contributed by atoms with Gasteiger partial charge in [0, 0.05) is 4.47 Å². The molecule has 4 heteroatoms. The molecule has 1 saturated carbocycles. The molecule has 1 fully saturated rings. The van der Waals surface area contributed by atoms with Gasteiger partial charge in [0.25, 0.3) is 0 Å². The molecule has 2 aromatic rings. The molecule has 0 amide bonds. The molecule has 1 aromatic carbocycles. The van der Waals surface area contributed by atoms with Crippen LogP contribution in [0.2, 0.25) is 0 Å². The smallest absolute Gasteiger partial charge is 0.113 e. The van der Waals surface area contributed by atoms with E-state index in [1.165, 1.54) is 31.2 Å². The minimum atomic E-state index is 0.555. The molecule has 1 aliphatic carbocycles. The van der Waals surface area contributed by atoms with E-state index in [1.54, 1.807) is 0 Å². The summed E-state index contributed by atoms with van der Waals surface area (Å²) in [5.41, 5.74) is 3.38. The number of hydrogen-bond acceptors (Lipinski definition) is 2. The van der Waals surface area contributed by atoms with Crippen LogP contribution in [0, 0.1) is 6.92 Å². The third kappa shape index (κ3) is 1.56. The monoisotopic (exact) mass is 279 g/mol. The number of halogens is 1. The summed E-state index contributed by atoms with van der Waals surface area (Å²) in [5, 5.41) is 8.56. The molecule has 3 nitrogen and oxygen atoms in total. The van der Waals surface area contributed by atoms with Crippen LogP contribution in [0.5, 0.6) is 0 Å². The number of hydrogen-bond donors (Lipinski definition) is 0. The maximum Gasteiger partial charge on any atom is 0.113 e. The Balaban J connectivity index is 2.15. The van der Waals surface area contributed by atoms with Crippen molar-refractivity contribution in [3.63, 3.8) is 0 Å². The highest BCUT2D eigenvalue weighted by Gasteiger charge is 2.20. The maximum absolute atomic E-state index is 4.31. The van der Waals surface area contributed by atoms with Gasteiger partial charge in [-0.1, -0.05) is 34.0 Å². The highest BCUT2D eigenvalue weighted by molar-refractivity contribution is 9.10. The Kier molecular flexibility index (Phi) is 2.46. The fraction of sp³-hybridized carbons (Fsp3) is 0.500. The summed E-state index contributed by atoms with van der Waals surface area (Å²) >= 11 is 3.57. The molecule has 0 saturated heterocycles. The second-order valence-corrected chi connectivity index (χ2v) is 5.42. The second kappa shape index (κ2) is 3.84. The van der Waals surface area contributed by atoms with Crippen LogP contribution in [0.15, 0.2) is 16.6 Å². The molecule has 1 aromatic heterocycles. The van der Waals surface area contributed by atoms with E-state index in [0.29, 0.717) is 6.04 Å². The van der Waals surface area contributed by atoms with Crippen molar-refractivity contribution in [1.29, 1.82) is 0 Å². The van der Waals surface area contributed by atoms with Gasteiger partial charge in [0.15, 0.2) is 0 Å². The van der Waals surface area contributed by atoms with E-state index in [-0.39, 0.29) is 0 Å². The van der Waals surface area contributed by atoms with E-state index in [2.05, 4.69) is 50.0 Å². The van der Waals surface area contributed by atoms with E-state index in [9.17, 15) is 0 Å². The molecule has 0 N–H and O–H groups in total. The van der Waals surface area contributed by atoms with Crippen LogP contribution in [0.25, 0.3) is 11.0 Å². The molecule has 0 radical (unpaired) electrons. The molecule has 84 valence electrons. The van der Waals surface area contributed by atoms with Gasteiger partial charge in [-0.2, -0.15) is 0 Å². The first-order valence-electron chi connectivity index (χ1n) is 5.77. The Morgan fingerprint density at radius 1 is 1.31 bits per heavy atom. The summed E-state index contributed by atoms with van der Waals surface area (Å²) < 4.78 is 3.24. The van der Waals surface area contributed by atoms with E-state index < -0.39 is 0 Å². The maximum atomic E-state index is 4.31. The van der Waals surface area contributed by atoms with Crippen molar-refractivity contribution in [2.45, 2.75) is 38.6 Å². The molecule has 3 rings (SSSR count). The third-order valence-electron chi connectivity index (χ3n) is 3.42. The van der Waals surface area contributed by atoms with Crippen LogP contribution in [0.1, 0.15) is 37.3 Å². The molecule has 16 heavy (non-hydrogen) atoms. The van der Waals surface area contributed by atoms with Crippen molar-refractivity contribution < 1.29 is 0 Å². The van der Waals surface area contributed by atoms with Gasteiger partial charge in [0.2, 0.25) is 0 Å². The minimum Gasteiger partial charge on any atom is -0.242 e. The zero-order valence-electron chi connectivity index (χ0n) is 9.28. The van der Waals surface area contributed by atoms with E-state index >= 15 is 0 Å². The van der Waals surface area contributed by atoms with Gasteiger partial charge in [0.05, 0.1) is 11.6 Å². The second-order valence-electron chi connectivity index (χ2n) is 4.56. The Bertz CT molecular complexity index is 526. The van der Waals surface area contributed by atoms with Gasteiger partial charge in [-0.05, 0) is 37.5 Å². The molecule has 0 bridgehead atoms. The molecular weight excluding hydrogens is 266 g/mol. The molecule has 0 atom stereocenters. The standard InChI is InChI=1S/C12H14BrN3/c1-8-6-11-12(7-10(8)13)16(15-14-11)9-4-2-3-5-9/h6-7,9H,2-5H2,1H3. The van der Waals surface area contributed by atoms with E-state index in [4.69, 9.17) is 0 Å². The van der Waals surface area contributed by atoms with E-state index in [0.717, 1.165) is 15.5 Å². The summed E-state index contributed by atoms with van der Waals surface area (Å²) in [6, 6.07) is 4.79. The number of fused-ring (bicyclic) bond motifs is 1. The number of rotatable bonds is 1. The first-order chi connectivity index (χ1) is 7.75. The average Bonchev–Trinajstić information content (AvgIpc) is 2.87. The molecule has 0 aliphatic heterocycles. The highest BCUT2D eigenvalue weighted by atomic mass is 79.9. The van der Waals surface area contributed by atoms with Crippen molar-refractivity contribution >= 4 is 27.0 Å². The van der Waals surface area contributed by atoms with Crippen molar-refractivity contribution in [2.24, 2.45) is 0 Å². The predicted octanol–water partition coefficient (Wildman–Crippen LogP) is 3.62. The largest absolute Gasteiger partial charge is 0.242 e. The number of benzene rings is 1. The molecule has 0 spiro atoms. The molecule has 1 aliphatic rings. The van der Waals surface area contributed by atoms with Crippen LogP contribution in [0.4, 0.5) is 0 Å². The number of aromatic nitrogens is 3. The molecular formula is C12H14BrN3. The Hall–Kier alpha value is -0.900. The number of nitrogens with zero attached hydrogens (tertiary/aromatic N) is 3. The van der Waals surface area contributed by atoms with Crippen LogP contribution in [0.3, 0.4) is 0 Å². The van der Waals surface area contributed by atoms with Crippen molar-refractivity contribution in [3.8, 4) is 0 Å². The number of aryl methyl sites for hydroxylation is 1. The molecule has 0 unspecified atom stereocenters. The Labute approximate surface area is 103 Å². The van der Waals surface area contributed by atoms with Crippen molar-refractivity contribution in [1.82, 2.24) is 15.0 Å². The SMILES string of the molecule is Cc1cc2nnn(C3CCCC3)c2cc1Br. The summed E-state index contributed by atoms with van der Waals surface area (Å²) in [4.78, 5) is 0. The Morgan fingerprint density at radius 3 is 2.81 bits per heavy atom. The van der Waals surface area contributed by atoms with Crippen LogP contribution in [-0.2, 0) is 0 Å². The normalized spacial score (nSPS) is 17.4. The summed E-state index contributed by atoms with van der Waals surface area (Å²) in [5.74, 6) is 0. The summed E-state index contributed by atoms with van der Waals surface area (Å²) in [7, 11) is 0. The lowest BCUT2D eigenvalue weighted by molar-refractivity contribution is 0.467. The summed E-state index contributed by atoms with van der Waals surface area (Å²) in [6.07, 6.45) is 5.12. The van der Waals surface area contributed by atoms with Crippen LogP contribution < -0.4 is 0 Å². The zero-order valence-corrected chi connectivity index (χ0v) is 10.9. The third-order valence-corrected chi connectivity index (χ3v) is 4.28. The van der Waals surface area contributed by atoms with E-state index in [1.807, 2.05) is 0 Å². The lowest BCUT2D eigenvalue weighted by Crippen LogP contribution is -2.06. The fourth-order valence-corrected chi connectivity index (χ4v) is 2.81. The fourth-order valence-electron chi connectivity index (χ4n) is 2.48. The average molecular weight is 280 g/mol. The summed E-state index contributed by atoms with van der Waals surface area (Å²) in [6.45, 7) is 2.08. The van der Waals surface area contributed by atoms with Crippen LogP contribution >= 0.6 is 15.9 Å². The lowest BCUT2D eigenvalue weighted by Gasteiger charge is -2.10. The van der Waals surface area contributed by atoms with Crippen molar-refractivity contribution in [3.05, 3.63) is 22.2 Å². The van der Waals surface area contributed by atoms with Gasteiger partial charge >= 0.3 is 0 Å². The van der Waals surface area contributed by atoms with Gasteiger partial charge < -0.3 is 0 Å². The molecule has 1 heterocycles. The predicted molar refractivity (Wildman–Crippen MR) is 67.5 cm³/mol. The minimum absolute atomic E-state index is 0.555. The Morgan fingerprint density at radius 2 is 2.06 bits per heavy atom. The van der Waals surface area contributed by atoms with Gasteiger partial charge in [-0.15, -0.1) is 5.10 Å². The first-order valence-corrected chi connectivity index (χ1v) is 6.56. The van der Waals surface area contributed by atoms with Gasteiger partial charge in [-0.25, -0.2) is 4.68 Å². The topological polar surface area (TPSA) is 30.7 Å². The van der Waals surface area contributed by atoms with Gasteiger partial charge in [0.1, 0.15) is 5.52 Å². The van der Waals surface area contributed by atoms with Crippen molar-refractivity contribution in [2.75, 3.05) is 0 Å². The van der Waals surface area contributed by atoms with Gasteiger partial charge in [-0.3, -0.25) is 0 Å². The van der Waals surface area contributed by atoms with Crippen LogP contribution in [-0.4, -0.2) is 15.0 Å². The highest BCUT2D eigenvalue weighted by Crippen LogP contribution is 2.32. The zero-order chi connectivity index (χ0) is 11.1.